The zero-order valence-corrected chi connectivity index (χ0v) is 13.3. The lowest BCUT2D eigenvalue weighted by Crippen LogP contribution is -2.29. The molecule has 1 aromatic rings. The van der Waals surface area contributed by atoms with Gasteiger partial charge in [0.2, 0.25) is 0 Å². The fraction of sp³-hybridized carbons (Fsp3) is 0.588. The number of amides is 1. The third-order valence-electron chi connectivity index (χ3n) is 4.01. The molecule has 1 saturated heterocycles. The van der Waals surface area contributed by atoms with Crippen molar-refractivity contribution in [1.29, 1.82) is 0 Å². The van der Waals surface area contributed by atoms with E-state index in [0.717, 1.165) is 55.9 Å². The molecular formula is C17H26N2O2. The van der Waals surface area contributed by atoms with Gasteiger partial charge in [0.05, 0.1) is 6.61 Å². The summed E-state index contributed by atoms with van der Waals surface area (Å²) in [6.07, 6.45) is 2.13. The number of nitrogens with one attached hydrogen (secondary N) is 1. The molecule has 1 aliphatic heterocycles. The van der Waals surface area contributed by atoms with E-state index in [1.54, 1.807) is 7.11 Å². The minimum atomic E-state index is 0.138. The van der Waals surface area contributed by atoms with Crippen molar-refractivity contribution >= 4 is 11.6 Å². The Morgan fingerprint density at radius 3 is 2.95 bits per heavy atom. The summed E-state index contributed by atoms with van der Waals surface area (Å²) < 4.78 is 5.19. The van der Waals surface area contributed by atoms with Crippen molar-refractivity contribution in [3.05, 3.63) is 29.3 Å². The molecule has 1 amide bonds. The smallest absolute Gasteiger partial charge is 0.253 e. The van der Waals surface area contributed by atoms with E-state index in [4.69, 9.17) is 4.74 Å². The molecule has 1 unspecified atom stereocenters. The number of methoxy groups -OCH3 is 1. The fourth-order valence-corrected chi connectivity index (χ4v) is 2.83. The number of benzene rings is 1. The Hall–Kier alpha value is -1.55. The quantitative estimate of drug-likeness (QED) is 0.876. The van der Waals surface area contributed by atoms with Gasteiger partial charge in [0.15, 0.2) is 0 Å². The lowest BCUT2D eigenvalue weighted by Gasteiger charge is -2.17. The standard InChI is InChI=1S/C17H26N2O2/c1-4-8-18-16-6-5-15(10-13(16)2)17(20)19-9-7-14(11-19)12-21-3/h5-6,10,14,18H,4,7-9,11-12H2,1-3H3. The maximum Gasteiger partial charge on any atom is 0.253 e. The SMILES string of the molecule is CCCNc1ccc(C(=O)N2CCC(COC)C2)cc1C. The number of ether oxygens (including phenoxy) is 1. The second-order valence-electron chi connectivity index (χ2n) is 5.82. The average Bonchev–Trinajstić information content (AvgIpc) is 2.94. The van der Waals surface area contributed by atoms with Crippen LogP contribution in [0.1, 0.15) is 35.7 Å². The van der Waals surface area contributed by atoms with Crippen molar-refractivity contribution in [2.45, 2.75) is 26.7 Å². The molecule has 4 heteroatoms. The maximum atomic E-state index is 12.5. The van der Waals surface area contributed by atoms with Crippen LogP contribution in [0, 0.1) is 12.8 Å². The zero-order chi connectivity index (χ0) is 15.2. The minimum Gasteiger partial charge on any atom is -0.385 e. The van der Waals surface area contributed by atoms with E-state index in [1.807, 2.05) is 30.0 Å². The average molecular weight is 290 g/mol. The van der Waals surface area contributed by atoms with Crippen molar-refractivity contribution in [1.82, 2.24) is 4.90 Å². The molecule has 0 spiro atoms. The molecule has 0 aromatic heterocycles. The largest absolute Gasteiger partial charge is 0.385 e. The Kier molecular flexibility index (Phi) is 5.62. The van der Waals surface area contributed by atoms with Crippen LogP contribution in [-0.2, 0) is 4.74 Å². The number of carbonyl (C=O) groups is 1. The minimum absolute atomic E-state index is 0.138. The predicted octanol–water partition coefficient (Wildman–Crippen LogP) is 2.93. The van der Waals surface area contributed by atoms with Crippen LogP contribution in [0.4, 0.5) is 5.69 Å². The number of carbonyl (C=O) groups excluding carboxylic acids is 1. The number of anilines is 1. The molecule has 0 bridgehead atoms. The molecule has 1 heterocycles. The molecule has 1 N–H and O–H groups in total. The summed E-state index contributed by atoms with van der Waals surface area (Å²) in [6, 6.07) is 5.93. The van der Waals surface area contributed by atoms with Gasteiger partial charge in [-0.1, -0.05) is 6.92 Å². The predicted molar refractivity (Wildman–Crippen MR) is 85.8 cm³/mol. The Balaban J connectivity index is 2.01. The first-order chi connectivity index (χ1) is 10.2. The van der Waals surface area contributed by atoms with E-state index in [0.29, 0.717) is 5.92 Å². The second kappa shape index (κ2) is 7.46. The van der Waals surface area contributed by atoms with Crippen LogP contribution >= 0.6 is 0 Å². The zero-order valence-electron chi connectivity index (χ0n) is 13.3. The summed E-state index contributed by atoms with van der Waals surface area (Å²) in [6.45, 7) is 7.53. The molecule has 1 atom stereocenters. The molecule has 0 aliphatic carbocycles. The Labute approximate surface area is 127 Å². The summed E-state index contributed by atoms with van der Waals surface area (Å²) in [5.74, 6) is 0.615. The molecule has 0 radical (unpaired) electrons. The van der Waals surface area contributed by atoms with E-state index in [-0.39, 0.29) is 5.91 Å². The normalized spacial score (nSPS) is 18.0. The summed E-state index contributed by atoms with van der Waals surface area (Å²) in [4.78, 5) is 14.5. The highest BCUT2D eigenvalue weighted by Gasteiger charge is 2.26. The molecule has 2 rings (SSSR count). The van der Waals surface area contributed by atoms with Crippen LogP contribution in [0.25, 0.3) is 0 Å². The second-order valence-corrected chi connectivity index (χ2v) is 5.82. The molecule has 116 valence electrons. The van der Waals surface area contributed by atoms with E-state index in [9.17, 15) is 4.79 Å². The summed E-state index contributed by atoms with van der Waals surface area (Å²) >= 11 is 0. The number of aryl methyl sites for hydroxylation is 1. The Morgan fingerprint density at radius 1 is 1.48 bits per heavy atom. The highest BCUT2D eigenvalue weighted by molar-refractivity contribution is 5.95. The van der Waals surface area contributed by atoms with Gasteiger partial charge in [-0.15, -0.1) is 0 Å². The van der Waals surface area contributed by atoms with E-state index in [2.05, 4.69) is 12.2 Å². The van der Waals surface area contributed by atoms with Gasteiger partial charge in [-0.3, -0.25) is 4.79 Å². The van der Waals surface area contributed by atoms with Crippen molar-refractivity contribution < 1.29 is 9.53 Å². The first-order valence-electron chi connectivity index (χ1n) is 7.78. The van der Waals surface area contributed by atoms with Gasteiger partial charge in [-0.05, 0) is 43.5 Å². The third kappa shape index (κ3) is 3.97. The van der Waals surface area contributed by atoms with Crippen LogP contribution in [0.15, 0.2) is 18.2 Å². The fourth-order valence-electron chi connectivity index (χ4n) is 2.83. The summed E-state index contributed by atoms with van der Waals surface area (Å²) in [5, 5.41) is 3.38. The van der Waals surface area contributed by atoms with Crippen molar-refractivity contribution in [2.75, 3.05) is 38.7 Å². The van der Waals surface area contributed by atoms with Crippen LogP contribution in [0.2, 0.25) is 0 Å². The van der Waals surface area contributed by atoms with Crippen LogP contribution in [0.3, 0.4) is 0 Å². The van der Waals surface area contributed by atoms with Gasteiger partial charge in [0, 0.05) is 43.9 Å². The molecule has 1 aliphatic rings. The van der Waals surface area contributed by atoms with Crippen LogP contribution in [0.5, 0.6) is 0 Å². The van der Waals surface area contributed by atoms with Gasteiger partial charge in [-0.25, -0.2) is 0 Å². The molecule has 1 fully saturated rings. The molecule has 0 saturated carbocycles. The number of hydrogen-bond donors (Lipinski definition) is 1. The number of rotatable bonds is 6. The topological polar surface area (TPSA) is 41.6 Å². The molecular weight excluding hydrogens is 264 g/mol. The summed E-state index contributed by atoms with van der Waals surface area (Å²) in [5.41, 5.74) is 3.03. The summed E-state index contributed by atoms with van der Waals surface area (Å²) in [7, 11) is 1.72. The van der Waals surface area contributed by atoms with Gasteiger partial charge < -0.3 is 15.0 Å². The van der Waals surface area contributed by atoms with E-state index < -0.39 is 0 Å². The van der Waals surface area contributed by atoms with Gasteiger partial charge in [-0.2, -0.15) is 0 Å². The van der Waals surface area contributed by atoms with E-state index in [1.165, 1.54) is 0 Å². The van der Waals surface area contributed by atoms with Crippen molar-refractivity contribution in [2.24, 2.45) is 5.92 Å². The number of likely N-dealkylation sites (tertiary alicyclic amines) is 1. The molecule has 4 nitrogen and oxygen atoms in total. The van der Waals surface area contributed by atoms with Crippen LogP contribution in [-0.4, -0.2) is 44.2 Å². The Morgan fingerprint density at radius 2 is 2.29 bits per heavy atom. The van der Waals surface area contributed by atoms with E-state index >= 15 is 0 Å². The number of hydrogen-bond acceptors (Lipinski definition) is 3. The van der Waals surface area contributed by atoms with Gasteiger partial charge in [0.25, 0.3) is 5.91 Å². The van der Waals surface area contributed by atoms with Crippen molar-refractivity contribution in [3.63, 3.8) is 0 Å². The van der Waals surface area contributed by atoms with Crippen LogP contribution < -0.4 is 5.32 Å². The lowest BCUT2D eigenvalue weighted by atomic mass is 10.1. The lowest BCUT2D eigenvalue weighted by molar-refractivity contribution is 0.0775. The monoisotopic (exact) mass is 290 g/mol. The molecule has 21 heavy (non-hydrogen) atoms. The van der Waals surface area contributed by atoms with Gasteiger partial charge >= 0.3 is 0 Å². The molecule has 1 aromatic carbocycles. The first-order valence-corrected chi connectivity index (χ1v) is 7.78. The van der Waals surface area contributed by atoms with Gasteiger partial charge in [0.1, 0.15) is 0 Å². The third-order valence-corrected chi connectivity index (χ3v) is 4.01. The maximum absolute atomic E-state index is 12.5. The highest BCUT2D eigenvalue weighted by Crippen LogP contribution is 2.22. The highest BCUT2D eigenvalue weighted by atomic mass is 16.5. The Bertz CT molecular complexity index is 488. The first kappa shape index (κ1) is 15.8. The van der Waals surface area contributed by atoms with Crippen molar-refractivity contribution in [3.8, 4) is 0 Å². The number of nitrogens with zero attached hydrogens (tertiary/aromatic N) is 1.